The monoisotopic (exact) mass is 457 g/mol. The Morgan fingerprint density at radius 3 is 2.81 bits per heavy atom. The number of nitrogen functional groups attached to an aromatic ring is 1. The summed E-state index contributed by atoms with van der Waals surface area (Å²) in [5, 5.41) is 1.30. The Hall–Kier alpha value is -2.19. The van der Waals surface area contributed by atoms with Crippen molar-refractivity contribution in [3.63, 3.8) is 0 Å². The minimum atomic E-state index is -1.10. The molecule has 1 fully saturated rings. The first-order valence-electron chi connectivity index (χ1n) is 10.5. The molecule has 0 radical (unpaired) electrons. The maximum absolute atomic E-state index is 14.1. The van der Waals surface area contributed by atoms with E-state index >= 15 is 0 Å². The SMILES string of the molecule is Cc1ccc2c(C(=O)N3CCC4(CC3)CC(=O)C3=C(C=CC(F)C3C)S4)c(N)sc2n1. The van der Waals surface area contributed by atoms with Crippen molar-refractivity contribution in [1.82, 2.24) is 9.88 Å². The number of amides is 1. The molecular formula is C23H24FN3O2S2. The number of aryl methyl sites for hydroxylation is 1. The van der Waals surface area contributed by atoms with E-state index in [2.05, 4.69) is 4.98 Å². The highest BCUT2D eigenvalue weighted by Crippen LogP contribution is 2.51. The number of piperidine rings is 1. The molecule has 2 aliphatic heterocycles. The maximum atomic E-state index is 14.1. The lowest BCUT2D eigenvalue weighted by Gasteiger charge is -2.45. The minimum Gasteiger partial charge on any atom is -0.390 e. The van der Waals surface area contributed by atoms with E-state index in [1.54, 1.807) is 30.8 Å². The number of aromatic nitrogens is 1. The van der Waals surface area contributed by atoms with Crippen molar-refractivity contribution in [2.24, 2.45) is 5.92 Å². The Balaban J connectivity index is 1.35. The summed E-state index contributed by atoms with van der Waals surface area (Å²) >= 11 is 3.05. The lowest BCUT2D eigenvalue weighted by Crippen LogP contribution is -2.47. The summed E-state index contributed by atoms with van der Waals surface area (Å²) in [4.78, 5) is 34.3. The number of nitrogens with two attached hydrogens (primary N) is 1. The molecule has 2 aromatic heterocycles. The maximum Gasteiger partial charge on any atom is 0.257 e. The van der Waals surface area contributed by atoms with E-state index in [9.17, 15) is 14.0 Å². The van der Waals surface area contributed by atoms with Gasteiger partial charge in [0.25, 0.3) is 5.91 Å². The number of fused-ring (bicyclic) bond motifs is 1. The largest absolute Gasteiger partial charge is 0.390 e. The Morgan fingerprint density at radius 2 is 2.06 bits per heavy atom. The summed E-state index contributed by atoms with van der Waals surface area (Å²) < 4.78 is 13.8. The van der Waals surface area contributed by atoms with Crippen LogP contribution in [0.15, 0.2) is 34.8 Å². The van der Waals surface area contributed by atoms with Crippen LogP contribution in [0.2, 0.25) is 0 Å². The number of hydrogen-bond acceptors (Lipinski definition) is 6. The fraction of sp³-hybridized carbons (Fsp3) is 0.435. The topological polar surface area (TPSA) is 76.3 Å². The molecule has 0 bridgehead atoms. The Bertz CT molecular complexity index is 1160. The zero-order valence-electron chi connectivity index (χ0n) is 17.5. The number of anilines is 1. The number of rotatable bonds is 1. The van der Waals surface area contributed by atoms with Crippen LogP contribution < -0.4 is 5.73 Å². The quantitative estimate of drug-likeness (QED) is 0.674. The van der Waals surface area contributed by atoms with Crippen molar-refractivity contribution in [1.29, 1.82) is 0 Å². The first-order chi connectivity index (χ1) is 14.8. The Kier molecular flexibility index (Phi) is 4.97. The second-order valence-electron chi connectivity index (χ2n) is 8.69. The summed E-state index contributed by atoms with van der Waals surface area (Å²) in [6, 6.07) is 3.81. The van der Waals surface area contributed by atoms with Gasteiger partial charge in [-0.2, -0.15) is 0 Å². The van der Waals surface area contributed by atoms with Crippen molar-refractivity contribution >= 4 is 50.0 Å². The number of Topliss-reactive ketones (excluding diaryl/α,β-unsaturated/α-hetero) is 1. The summed E-state index contributed by atoms with van der Waals surface area (Å²) in [6.07, 6.45) is 4.10. The summed E-state index contributed by atoms with van der Waals surface area (Å²) in [7, 11) is 0. The van der Waals surface area contributed by atoms with E-state index in [4.69, 9.17) is 5.73 Å². The summed E-state index contributed by atoms with van der Waals surface area (Å²) in [5.41, 5.74) is 8.28. The minimum absolute atomic E-state index is 0.0579. The van der Waals surface area contributed by atoms with Crippen LogP contribution in [0, 0.1) is 12.8 Å². The number of nitrogens with zero attached hydrogens (tertiary/aromatic N) is 2. The van der Waals surface area contributed by atoms with Crippen LogP contribution in [0.25, 0.3) is 10.2 Å². The zero-order chi connectivity index (χ0) is 21.9. The van der Waals surface area contributed by atoms with Gasteiger partial charge in [0.2, 0.25) is 0 Å². The molecule has 1 aliphatic carbocycles. The molecule has 0 saturated carbocycles. The van der Waals surface area contributed by atoms with Gasteiger partial charge in [0, 0.05) is 51.7 Å². The van der Waals surface area contributed by atoms with E-state index in [-0.39, 0.29) is 22.4 Å². The van der Waals surface area contributed by atoms with Gasteiger partial charge in [0.05, 0.1) is 5.56 Å². The van der Waals surface area contributed by atoms with Crippen molar-refractivity contribution in [3.8, 4) is 0 Å². The van der Waals surface area contributed by atoms with Gasteiger partial charge in [-0.05, 0) is 44.1 Å². The van der Waals surface area contributed by atoms with Gasteiger partial charge in [-0.15, -0.1) is 11.8 Å². The van der Waals surface area contributed by atoms with Gasteiger partial charge in [0.15, 0.2) is 5.78 Å². The third-order valence-electron chi connectivity index (χ3n) is 6.64. The fourth-order valence-electron chi connectivity index (χ4n) is 4.82. The number of thiophene rings is 1. The van der Waals surface area contributed by atoms with E-state index < -0.39 is 6.17 Å². The molecule has 2 N–H and O–H groups in total. The number of likely N-dealkylation sites (tertiary alicyclic amines) is 1. The number of carbonyl (C=O) groups excluding carboxylic acids is 2. The van der Waals surface area contributed by atoms with Crippen molar-refractivity contribution in [3.05, 3.63) is 46.0 Å². The van der Waals surface area contributed by atoms with Gasteiger partial charge >= 0.3 is 0 Å². The van der Waals surface area contributed by atoms with Gasteiger partial charge in [0.1, 0.15) is 16.0 Å². The number of pyridine rings is 1. The number of ketones is 1. The van der Waals surface area contributed by atoms with Crippen molar-refractivity contribution in [2.45, 2.75) is 44.0 Å². The number of halogens is 1. The Morgan fingerprint density at radius 1 is 1.32 bits per heavy atom. The molecule has 31 heavy (non-hydrogen) atoms. The molecule has 5 rings (SSSR count). The molecule has 2 unspecified atom stereocenters. The zero-order valence-corrected chi connectivity index (χ0v) is 19.1. The standard InChI is InChI=1S/C23H24FN3O2S2/c1-12-3-4-14-19(20(25)30-21(14)26-12)22(29)27-9-7-23(8-10-27)11-16(28)18-13(2)15(24)5-6-17(18)31-23/h3-6,13,15H,7-11,25H2,1-2H3. The van der Waals surface area contributed by atoms with E-state index in [0.29, 0.717) is 35.6 Å². The smallest absolute Gasteiger partial charge is 0.257 e. The number of allylic oxidation sites excluding steroid dienone is 3. The normalized spacial score (nSPS) is 25.4. The van der Waals surface area contributed by atoms with Gasteiger partial charge in [-0.25, -0.2) is 9.37 Å². The molecule has 2 atom stereocenters. The average molecular weight is 458 g/mol. The third kappa shape index (κ3) is 3.40. The molecule has 1 amide bonds. The van der Waals surface area contributed by atoms with E-state index in [1.165, 1.54) is 11.3 Å². The van der Waals surface area contributed by atoms with Crippen LogP contribution in [0.3, 0.4) is 0 Å². The highest BCUT2D eigenvalue weighted by molar-refractivity contribution is 8.04. The first-order valence-corrected chi connectivity index (χ1v) is 12.1. The predicted molar refractivity (Wildman–Crippen MR) is 124 cm³/mol. The van der Waals surface area contributed by atoms with Crippen molar-refractivity contribution in [2.75, 3.05) is 18.8 Å². The molecule has 5 nitrogen and oxygen atoms in total. The number of thioether (sulfide) groups is 1. The molecule has 4 heterocycles. The molecule has 1 saturated heterocycles. The second-order valence-corrected chi connectivity index (χ2v) is 11.2. The van der Waals surface area contributed by atoms with Crippen molar-refractivity contribution < 1.29 is 14.0 Å². The lowest BCUT2D eigenvalue weighted by molar-refractivity contribution is -0.117. The van der Waals surface area contributed by atoms with Gasteiger partial charge in [-0.1, -0.05) is 18.3 Å². The number of carbonyl (C=O) groups is 2. The molecule has 2 aromatic rings. The van der Waals surface area contributed by atoms with Gasteiger partial charge in [-0.3, -0.25) is 9.59 Å². The highest BCUT2D eigenvalue weighted by Gasteiger charge is 2.45. The Labute approximate surface area is 188 Å². The molecular weight excluding hydrogens is 433 g/mol. The summed E-state index contributed by atoms with van der Waals surface area (Å²) in [5.74, 6) is -0.392. The van der Waals surface area contributed by atoms with Crippen LogP contribution in [0.1, 0.15) is 42.2 Å². The van der Waals surface area contributed by atoms with Gasteiger partial charge < -0.3 is 10.6 Å². The van der Waals surface area contributed by atoms with E-state index in [1.807, 2.05) is 24.0 Å². The molecule has 8 heteroatoms. The molecule has 3 aliphatic rings. The van der Waals surface area contributed by atoms with Crippen LogP contribution in [0.4, 0.5) is 9.39 Å². The highest BCUT2D eigenvalue weighted by atomic mass is 32.2. The summed E-state index contributed by atoms with van der Waals surface area (Å²) in [6.45, 7) is 4.85. The first kappa shape index (κ1) is 20.7. The second kappa shape index (κ2) is 7.45. The predicted octanol–water partition coefficient (Wildman–Crippen LogP) is 4.67. The van der Waals surface area contributed by atoms with Crippen LogP contribution in [0.5, 0.6) is 0 Å². The fourth-order valence-corrected chi connectivity index (χ4v) is 7.41. The molecule has 1 spiro atoms. The molecule has 0 aromatic carbocycles. The van der Waals surface area contributed by atoms with E-state index in [0.717, 1.165) is 33.7 Å². The lowest BCUT2D eigenvalue weighted by atomic mass is 9.82. The van der Waals surface area contributed by atoms with Crippen LogP contribution in [-0.4, -0.2) is 45.6 Å². The number of alkyl halides is 1. The van der Waals surface area contributed by atoms with Crippen LogP contribution in [-0.2, 0) is 4.79 Å². The third-order valence-corrected chi connectivity index (χ3v) is 9.13. The number of hydrogen-bond donors (Lipinski definition) is 1. The van der Waals surface area contributed by atoms with Crippen LogP contribution >= 0.6 is 23.1 Å². The molecule has 162 valence electrons. The average Bonchev–Trinajstić information content (AvgIpc) is 3.05.